The molecule has 0 aliphatic heterocycles. The number of anilines is 2. The van der Waals surface area contributed by atoms with E-state index in [1.54, 1.807) is 0 Å². The van der Waals surface area contributed by atoms with Gasteiger partial charge in [0.05, 0.1) is 11.3 Å². The minimum absolute atomic E-state index is 0.0614. The van der Waals surface area contributed by atoms with E-state index >= 15 is 0 Å². The van der Waals surface area contributed by atoms with Gasteiger partial charge in [-0.3, -0.25) is 4.79 Å². The Morgan fingerprint density at radius 2 is 2.05 bits per heavy atom. The van der Waals surface area contributed by atoms with Gasteiger partial charge in [-0.1, -0.05) is 11.6 Å². The number of nitrogens with two attached hydrogens (primary N) is 1. The zero-order chi connectivity index (χ0) is 14.7. The quantitative estimate of drug-likeness (QED) is 0.833. The van der Waals surface area contributed by atoms with E-state index in [0.29, 0.717) is 5.02 Å². The number of nitrogens with zero attached hydrogens (tertiary/aromatic N) is 1. The Morgan fingerprint density at radius 1 is 1.30 bits per heavy atom. The van der Waals surface area contributed by atoms with Crippen molar-refractivity contribution in [3.8, 4) is 6.07 Å². The second kappa shape index (κ2) is 5.59. The summed E-state index contributed by atoms with van der Waals surface area (Å²) in [4.78, 5) is 12.0. The summed E-state index contributed by atoms with van der Waals surface area (Å²) in [6, 6.07) is 9.91. The summed E-state index contributed by atoms with van der Waals surface area (Å²) >= 11 is 5.81. The van der Waals surface area contributed by atoms with Crippen molar-refractivity contribution in [1.82, 2.24) is 0 Å². The Balaban J connectivity index is 2.32. The van der Waals surface area contributed by atoms with Crippen LogP contribution in [0.2, 0.25) is 5.02 Å². The predicted octanol–water partition coefficient (Wildman–Crippen LogP) is 3.19. The van der Waals surface area contributed by atoms with E-state index in [-0.39, 0.29) is 22.5 Å². The molecular weight excluding hydrogens is 281 g/mol. The van der Waals surface area contributed by atoms with Crippen LogP contribution in [0.1, 0.15) is 15.9 Å². The fourth-order valence-electron chi connectivity index (χ4n) is 1.66. The smallest absolute Gasteiger partial charge is 0.255 e. The van der Waals surface area contributed by atoms with Gasteiger partial charge >= 0.3 is 0 Å². The number of hydrogen-bond acceptors (Lipinski definition) is 3. The minimum Gasteiger partial charge on any atom is -0.399 e. The van der Waals surface area contributed by atoms with Crippen LogP contribution in [0.4, 0.5) is 15.8 Å². The number of rotatable bonds is 2. The Morgan fingerprint density at radius 3 is 2.70 bits per heavy atom. The van der Waals surface area contributed by atoms with E-state index in [1.807, 2.05) is 6.07 Å². The highest BCUT2D eigenvalue weighted by atomic mass is 35.5. The van der Waals surface area contributed by atoms with Gasteiger partial charge < -0.3 is 11.1 Å². The standard InChI is InChI=1S/C14H9ClFN3O/c15-10-2-1-8(7-17)13(5-10)19-14(20)9-3-11(16)6-12(18)4-9/h1-6H,18H2,(H,19,20). The van der Waals surface area contributed by atoms with Crippen LogP contribution in [0, 0.1) is 17.1 Å². The number of carbonyl (C=O) groups is 1. The lowest BCUT2D eigenvalue weighted by atomic mass is 10.1. The van der Waals surface area contributed by atoms with Crippen molar-refractivity contribution in [2.24, 2.45) is 0 Å². The highest BCUT2D eigenvalue weighted by molar-refractivity contribution is 6.31. The van der Waals surface area contributed by atoms with Crippen LogP contribution >= 0.6 is 11.6 Å². The summed E-state index contributed by atoms with van der Waals surface area (Å²) in [6.07, 6.45) is 0. The van der Waals surface area contributed by atoms with E-state index in [9.17, 15) is 9.18 Å². The maximum atomic E-state index is 13.2. The summed E-state index contributed by atoms with van der Waals surface area (Å²) in [5, 5.41) is 11.8. The van der Waals surface area contributed by atoms with Crippen molar-refractivity contribution < 1.29 is 9.18 Å². The number of benzene rings is 2. The number of amides is 1. The van der Waals surface area contributed by atoms with Gasteiger partial charge in [0.1, 0.15) is 11.9 Å². The molecule has 0 aromatic heterocycles. The predicted molar refractivity (Wildman–Crippen MR) is 74.9 cm³/mol. The van der Waals surface area contributed by atoms with Crippen LogP contribution in [0.3, 0.4) is 0 Å². The molecule has 0 bridgehead atoms. The molecule has 2 aromatic rings. The molecule has 0 spiro atoms. The summed E-state index contributed by atoms with van der Waals surface area (Å²) < 4.78 is 13.2. The lowest BCUT2D eigenvalue weighted by Crippen LogP contribution is -2.13. The molecule has 2 rings (SSSR count). The van der Waals surface area contributed by atoms with Crippen molar-refractivity contribution in [2.75, 3.05) is 11.1 Å². The molecule has 0 radical (unpaired) electrons. The van der Waals surface area contributed by atoms with E-state index < -0.39 is 11.7 Å². The number of nitrogen functional groups attached to an aromatic ring is 1. The van der Waals surface area contributed by atoms with Gasteiger partial charge in [-0.2, -0.15) is 5.26 Å². The van der Waals surface area contributed by atoms with Gasteiger partial charge in [-0.05, 0) is 36.4 Å². The maximum absolute atomic E-state index is 13.2. The molecule has 0 saturated heterocycles. The van der Waals surface area contributed by atoms with Gasteiger partial charge in [0.15, 0.2) is 0 Å². The van der Waals surface area contributed by atoms with Crippen LogP contribution in [-0.4, -0.2) is 5.91 Å². The summed E-state index contributed by atoms with van der Waals surface area (Å²) in [7, 11) is 0. The molecule has 0 unspecified atom stereocenters. The average molecular weight is 290 g/mol. The number of nitrogens with one attached hydrogen (secondary N) is 1. The molecule has 20 heavy (non-hydrogen) atoms. The van der Waals surface area contributed by atoms with Crippen LogP contribution in [0.15, 0.2) is 36.4 Å². The molecule has 6 heteroatoms. The van der Waals surface area contributed by atoms with Crippen LogP contribution in [-0.2, 0) is 0 Å². The van der Waals surface area contributed by atoms with Crippen LogP contribution < -0.4 is 11.1 Å². The zero-order valence-electron chi connectivity index (χ0n) is 10.2. The molecule has 0 saturated carbocycles. The number of nitriles is 1. The molecule has 0 aliphatic carbocycles. The Kier molecular flexibility index (Phi) is 3.87. The highest BCUT2D eigenvalue weighted by Crippen LogP contribution is 2.21. The monoisotopic (exact) mass is 289 g/mol. The van der Waals surface area contributed by atoms with E-state index in [2.05, 4.69) is 5.32 Å². The van der Waals surface area contributed by atoms with E-state index in [4.69, 9.17) is 22.6 Å². The van der Waals surface area contributed by atoms with Gasteiger partial charge in [0.2, 0.25) is 0 Å². The Hall–Kier alpha value is -2.58. The Labute approximate surface area is 119 Å². The fraction of sp³-hybridized carbons (Fsp3) is 0. The summed E-state index contributed by atoms with van der Waals surface area (Å²) in [6.45, 7) is 0. The number of hydrogen-bond donors (Lipinski definition) is 2. The minimum atomic E-state index is -0.609. The van der Waals surface area contributed by atoms with Crippen molar-refractivity contribution in [3.63, 3.8) is 0 Å². The number of halogens is 2. The van der Waals surface area contributed by atoms with Crippen molar-refractivity contribution in [1.29, 1.82) is 5.26 Å². The second-order valence-electron chi connectivity index (χ2n) is 4.03. The van der Waals surface area contributed by atoms with Crippen molar-refractivity contribution in [3.05, 3.63) is 58.4 Å². The molecule has 2 aromatic carbocycles. The third-order valence-electron chi connectivity index (χ3n) is 2.53. The third kappa shape index (κ3) is 3.05. The molecule has 0 fully saturated rings. The van der Waals surface area contributed by atoms with Gasteiger partial charge in [-0.15, -0.1) is 0 Å². The lowest BCUT2D eigenvalue weighted by molar-refractivity contribution is 0.102. The van der Waals surface area contributed by atoms with E-state index in [0.717, 1.165) is 12.1 Å². The normalized spacial score (nSPS) is 9.85. The molecular formula is C14H9ClFN3O. The van der Waals surface area contributed by atoms with Crippen molar-refractivity contribution in [2.45, 2.75) is 0 Å². The summed E-state index contributed by atoms with van der Waals surface area (Å²) in [5.74, 6) is -1.18. The molecule has 3 N–H and O–H groups in total. The molecule has 4 nitrogen and oxygen atoms in total. The van der Waals surface area contributed by atoms with Gasteiger partial charge in [-0.25, -0.2) is 4.39 Å². The second-order valence-corrected chi connectivity index (χ2v) is 4.47. The van der Waals surface area contributed by atoms with Gasteiger partial charge in [0, 0.05) is 16.3 Å². The Bertz CT molecular complexity index is 705. The zero-order valence-corrected chi connectivity index (χ0v) is 10.9. The number of carbonyl (C=O) groups excluding carboxylic acids is 1. The summed E-state index contributed by atoms with van der Waals surface area (Å²) in [5.41, 5.74) is 6.19. The third-order valence-corrected chi connectivity index (χ3v) is 2.77. The average Bonchev–Trinajstić information content (AvgIpc) is 2.37. The van der Waals surface area contributed by atoms with Gasteiger partial charge in [0.25, 0.3) is 5.91 Å². The molecule has 0 atom stereocenters. The maximum Gasteiger partial charge on any atom is 0.255 e. The largest absolute Gasteiger partial charge is 0.399 e. The first kappa shape index (κ1) is 13.8. The molecule has 100 valence electrons. The highest BCUT2D eigenvalue weighted by Gasteiger charge is 2.11. The lowest BCUT2D eigenvalue weighted by Gasteiger charge is -2.08. The first-order valence-electron chi connectivity index (χ1n) is 5.56. The fourth-order valence-corrected chi connectivity index (χ4v) is 1.83. The molecule has 0 aliphatic rings. The van der Waals surface area contributed by atoms with Crippen LogP contribution in [0.5, 0.6) is 0 Å². The first-order valence-corrected chi connectivity index (χ1v) is 5.94. The molecule has 1 amide bonds. The SMILES string of the molecule is N#Cc1ccc(Cl)cc1NC(=O)c1cc(N)cc(F)c1. The van der Waals surface area contributed by atoms with Crippen molar-refractivity contribution >= 4 is 28.9 Å². The molecule has 0 heterocycles. The van der Waals surface area contributed by atoms with E-state index in [1.165, 1.54) is 24.3 Å². The first-order chi connectivity index (χ1) is 9.49. The topological polar surface area (TPSA) is 78.9 Å². The van der Waals surface area contributed by atoms with Crippen LogP contribution in [0.25, 0.3) is 0 Å².